The van der Waals surface area contributed by atoms with Crippen LogP contribution in [0.4, 0.5) is 5.82 Å². The van der Waals surface area contributed by atoms with Gasteiger partial charge in [0, 0.05) is 36.8 Å². The Hall–Kier alpha value is -3.00. The fourth-order valence-corrected chi connectivity index (χ4v) is 4.18. The molecule has 0 unspecified atom stereocenters. The third-order valence-corrected chi connectivity index (χ3v) is 5.60. The molecule has 2 bridgehead atoms. The first kappa shape index (κ1) is 20.7. The Bertz CT molecular complexity index is 842. The number of fused-ring (bicyclic) bond motifs is 3. The number of hydrogen-bond acceptors (Lipinski definition) is 6. The summed E-state index contributed by atoms with van der Waals surface area (Å²) in [5.74, 6) is 1.10. The number of likely N-dealkylation sites (tertiary alicyclic amines) is 1. The number of likely N-dealkylation sites (N-methyl/N-ethyl adjacent to an activating group) is 1. The lowest BCUT2D eigenvalue weighted by Gasteiger charge is -2.30. The number of carboxylic acid groups (broad SMARTS) is 1. The molecule has 1 aromatic carbocycles. The van der Waals surface area contributed by atoms with Crippen molar-refractivity contribution in [3.63, 3.8) is 0 Å². The average Bonchev–Trinajstić information content (AvgIpc) is 2.97. The molecule has 0 aliphatic carbocycles. The molecule has 1 aromatic heterocycles. The Kier molecular flexibility index (Phi) is 6.77. The van der Waals surface area contributed by atoms with Gasteiger partial charge < -0.3 is 20.6 Å². The van der Waals surface area contributed by atoms with Crippen molar-refractivity contribution >= 4 is 18.2 Å². The number of aromatic nitrogens is 2. The molecule has 0 spiro atoms. The molecule has 4 rings (SSSR count). The van der Waals surface area contributed by atoms with Crippen molar-refractivity contribution in [2.24, 2.45) is 5.92 Å². The normalized spacial score (nSPS) is 21.5. The first-order valence-corrected chi connectivity index (χ1v) is 9.77. The Labute approximate surface area is 170 Å². The molecule has 0 saturated carbocycles. The largest absolute Gasteiger partial charge is 0.483 e. The molecule has 154 valence electrons. The van der Waals surface area contributed by atoms with Gasteiger partial charge in [-0.3, -0.25) is 14.6 Å². The van der Waals surface area contributed by atoms with E-state index in [4.69, 9.17) is 15.6 Å². The summed E-state index contributed by atoms with van der Waals surface area (Å²) in [6, 6.07) is 8.08. The second kappa shape index (κ2) is 9.47. The number of anilines is 1. The van der Waals surface area contributed by atoms with Crippen LogP contribution < -0.4 is 5.73 Å². The molecule has 8 nitrogen and oxygen atoms in total. The van der Waals surface area contributed by atoms with Crippen molar-refractivity contribution in [2.75, 3.05) is 32.4 Å². The standard InChI is InChI=1S/C20H25N5O.CH2O2/c1-24-11-14-3-2-4-17(24)13-25(12-14)20(26)16-7-5-15(6-8-16)18-9-22-10-19(21)23-18;2-1-3/h5-10,14,17H,2-4,11-13H2,1H3,(H2,21,23);1H,(H,2,3)/t14-,17-;/m0./s1. The van der Waals surface area contributed by atoms with Crippen LogP contribution in [0.1, 0.15) is 29.6 Å². The number of carbonyl (C=O) groups is 2. The maximum absolute atomic E-state index is 13.1. The van der Waals surface area contributed by atoms with Crippen LogP contribution in [-0.4, -0.2) is 70.0 Å². The van der Waals surface area contributed by atoms with Crippen LogP contribution >= 0.6 is 0 Å². The quantitative estimate of drug-likeness (QED) is 0.745. The minimum Gasteiger partial charge on any atom is -0.483 e. The van der Waals surface area contributed by atoms with Crippen molar-refractivity contribution in [2.45, 2.75) is 25.3 Å². The van der Waals surface area contributed by atoms with E-state index in [0.29, 0.717) is 17.8 Å². The second-order valence-electron chi connectivity index (χ2n) is 7.61. The minimum atomic E-state index is -0.250. The van der Waals surface area contributed by atoms with Crippen molar-refractivity contribution < 1.29 is 14.7 Å². The Balaban J connectivity index is 0.000000755. The van der Waals surface area contributed by atoms with E-state index >= 15 is 0 Å². The highest BCUT2D eigenvalue weighted by molar-refractivity contribution is 5.94. The van der Waals surface area contributed by atoms with Gasteiger partial charge in [0.2, 0.25) is 0 Å². The molecular formula is C21H27N5O3. The zero-order valence-corrected chi connectivity index (χ0v) is 16.6. The van der Waals surface area contributed by atoms with Gasteiger partial charge in [0.05, 0.1) is 18.1 Å². The van der Waals surface area contributed by atoms with Gasteiger partial charge in [0.25, 0.3) is 12.4 Å². The van der Waals surface area contributed by atoms with E-state index in [0.717, 1.165) is 36.5 Å². The topological polar surface area (TPSA) is 113 Å². The van der Waals surface area contributed by atoms with Gasteiger partial charge in [0.15, 0.2) is 0 Å². The molecule has 2 saturated heterocycles. The Morgan fingerprint density at radius 2 is 1.90 bits per heavy atom. The molecule has 2 fully saturated rings. The zero-order chi connectivity index (χ0) is 20.8. The predicted octanol–water partition coefficient (Wildman–Crippen LogP) is 1.98. The van der Waals surface area contributed by atoms with Crippen LogP contribution in [0.5, 0.6) is 0 Å². The van der Waals surface area contributed by atoms with E-state index < -0.39 is 0 Å². The molecule has 3 N–H and O–H groups in total. The van der Waals surface area contributed by atoms with Crippen molar-refractivity contribution in [1.82, 2.24) is 19.8 Å². The SMILES string of the molecule is CN1C[C@@H]2CCC[C@H]1CN(C(=O)c1ccc(-c3cncc(N)n3)cc1)C2.O=CO. The number of rotatable bonds is 2. The molecule has 2 aliphatic heterocycles. The van der Waals surface area contributed by atoms with Gasteiger partial charge in [-0.05, 0) is 37.9 Å². The third kappa shape index (κ3) is 5.08. The van der Waals surface area contributed by atoms with Crippen LogP contribution in [0.25, 0.3) is 11.3 Å². The van der Waals surface area contributed by atoms with E-state index in [-0.39, 0.29) is 12.4 Å². The van der Waals surface area contributed by atoms with Gasteiger partial charge >= 0.3 is 0 Å². The molecule has 2 aliphatic rings. The van der Waals surface area contributed by atoms with Crippen LogP contribution in [0, 0.1) is 5.92 Å². The molecule has 29 heavy (non-hydrogen) atoms. The first-order chi connectivity index (χ1) is 14.0. The van der Waals surface area contributed by atoms with E-state index in [1.807, 2.05) is 29.2 Å². The molecule has 8 heteroatoms. The summed E-state index contributed by atoms with van der Waals surface area (Å²) in [6.45, 7) is 2.54. The molecule has 2 atom stereocenters. The monoisotopic (exact) mass is 397 g/mol. The van der Waals surface area contributed by atoms with E-state index in [1.54, 1.807) is 6.20 Å². The molecule has 2 aromatic rings. The predicted molar refractivity (Wildman–Crippen MR) is 110 cm³/mol. The summed E-state index contributed by atoms with van der Waals surface area (Å²) in [5.41, 5.74) is 8.06. The Morgan fingerprint density at radius 3 is 2.59 bits per heavy atom. The zero-order valence-electron chi connectivity index (χ0n) is 16.6. The first-order valence-electron chi connectivity index (χ1n) is 9.77. The summed E-state index contributed by atoms with van der Waals surface area (Å²) in [7, 11) is 2.19. The fraction of sp³-hybridized carbons (Fsp3) is 0.429. The van der Waals surface area contributed by atoms with Gasteiger partial charge in [-0.25, -0.2) is 4.98 Å². The maximum Gasteiger partial charge on any atom is 0.290 e. The summed E-state index contributed by atoms with van der Waals surface area (Å²) >= 11 is 0. The van der Waals surface area contributed by atoms with Crippen molar-refractivity contribution in [3.8, 4) is 11.3 Å². The average molecular weight is 397 g/mol. The second-order valence-corrected chi connectivity index (χ2v) is 7.61. The number of nitrogen functional groups attached to an aromatic ring is 1. The summed E-state index contributed by atoms with van der Waals surface area (Å²) in [5, 5.41) is 6.89. The molecular weight excluding hydrogens is 370 g/mol. The van der Waals surface area contributed by atoms with Gasteiger partial charge in [-0.1, -0.05) is 18.6 Å². The summed E-state index contributed by atoms with van der Waals surface area (Å²) in [6.07, 6.45) is 6.88. The van der Waals surface area contributed by atoms with Gasteiger partial charge in [-0.2, -0.15) is 0 Å². The molecule has 1 amide bonds. The lowest BCUT2D eigenvalue weighted by Crippen LogP contribution is -2.42. The van der Waals surface area contributed by atoms with Crippen LogP contribution in [0.3, 0.4) is 0 Å². The minimum absolute atomic E-state index is 0.127. The number of nitrogens with two attached hydrogens (primary N) is 1. The highest BCUT2D eigenvalue weighted by Gasteiger charge is 2.32. The van der Waals surface area contributed by atoms with E-state index in [1.165, 1.54) is 25.5 Å². The molecule has 3 heterocycles. The van der Waals surface area contributed by atoms with Crippen molar-refractivity contribution in [1.29, 1.82) is 0 Å². The lowest BCUT2D eigenvalue weighted by molar-refractivity contribution is -0.122. The maximum atomic E-state index is 13.1. The van der Waals surface area contributed by atoms with E-state index in [2.05, 4.69) is 21.9 Å². The summed E-state index contributed by atoms with van der Waals surface area (Å²) < 4.78 is 0. The number of carbonyl (C=O) groups excluding carboxylic acids is 1. The smallest absolute Gasteiger partial charge is 0.290 e. The van der Waals surface area contributed by atoms with Crippen molar-refractivity contribution in [3.05, 3.63) is 42.2 Å². The summed E-state index contributed by atoms with van der Waals surface area (Å²) in [4.78, 5) is 34.3. The number of amides is 1. The highest BCUT2D eigenvalue weighted by Crippen LogP contribution is 2.27. The number of hydrogen-bond donors (Lipinski definition) is 2. The van der Waals surface area contributed by atoms with E-state index in [9.17, 15) is 4.79 Å². The van der Waals surface area contributed by atoms with Crippen LogP contribution in [0.15, 0.2) is 36.7 Å². The van der Waals surface area contributed by atoms with Crippen LogP contribution in [0.2, 0.25) is 0 Å². The number of nitrogens with zero attached hydrogens (tertiary/aromatic N) is 4. The molecule has 0 radical (unpaired) electrons. The van der Waals surface area contributed by atoms with Gasteiger partial charge in [0.1, 0.15) is 5.82 Å². The highest BCUT2D eigenvalue weighted by atomic mass is 16.3. The Morgan fingerprint density at radius 1 is 1.17 bits per heavy atom. The fourth-order valence-electron chi connectivity index (χ4n) is 4.18. The third-order valence-electron chi connectivity index (χ3n) is 5.60. The lowest BCUT2D eigenvalue weighted by atomic mass is 9.99. The van der Waals surface area contributed by atoms with Crippen LogP contribution in [-0.2, 0) is 4.79 Å². The van der Waals surface area contributed by atoms with Gasteiger partial charge in [-0.15, -0.1) is 0 Å². The number of benzene rings is 1.